The number of pyridine rings is 3. The number of nitrogens with zero attached hydrogens (tertiary/aromatic N) is 3. The quantitative estimate of drug-likeness (QED) is 0.162. The number of aryl methyl sites for hydroxylation is 1. The molecule has 3 aromatic rings. The third-order valence-electron chi connectivity index (χ3n) is 8.06. The van der Waals surface area contributed by atoms with Crippen LogP contribution in [0.3, 0.4) is 0 Å². The van der Waals surface area contributed by atoms with Crippen molar-refractivity contribution in [2.45, 2.75) is 77.9 Å². The zero-order valence-electron chi connectivity index (χ0n) is 25.9. The molecule has 4 rings (SSSR count). The highest BCUT2D eigenvalue weighted by Crippen LogP contribution is 2.41. The van der Waals surface area contributed by atoms with Crippen molar-refractivity contribution in [2.75, 3.05) is 12.1 Å². The number of carbonyl (C=O) groups is 2. The fraction of sp³-hybridized carbons (Fsp3) is 0.485. The van der Waals surface area contributed by atoms with E-state index >= 15 is 0 Å². The number of carbonyl (C=O) groups excluding carboxylic acids is 2. The SMILES string of the molecule is Cc1cc(Nc2cc(C(F)F)ccn2)nc(-c2ccc([C@](C)(O)C3CCC(C(=O)OCOC(=O)[C@H](O)CC(C)C)CC3)nc2)c1. The van der Waals surface area contributed by atoms with E-state index < -0.39 is 36.9 Å². The molecule has 0 radical (unpaired) electrons. The van der Waals surface area contributed by atoms with Crippen molar-refractivity contribution >= 4 is 23.6 Å². The van der Waals surface area contributed by atoms with E-state index in [2.05, 4.69) is 20.3 Å². The fourth-order valence-corrected chi connectivity index (χ4v) is 5.51. The van der Waals surface area contributed by atoms with Crippen molar-refractivity contribution in [3.63, 3.8) is 0 Å². The molecule has 242 valence electrons. The molecule has 3 N–H and O–H groups in total. The second-order valence-corrected chi connectivity index (χ2v) is 12.1. The summed E-state index contributed by atoms with van der Waals surface area (Å²) >= 11 is 0. The second-order valence-electron chi connectivity index (χ2n) is 12.1. The third-order valence-corrected chi connectivity index (χ3v) is 8.06. The predicted octanol–water partition coefficient (Wildman–Crippen LogP) is 5.99. The molecule has 0 bridgehead atoms. The van der Waals surface area contributed by atoms with Gasteiger partial charge in [0.25, 0.3) is 6.43 Å². The number of aliphatic hydroxyl groups excluding tert-OH is 1. The van der Waals surface area contributed by atoms with Crippen LogP contribution in [0.15, 0.2) is 48.8 Å². The summed E-state index contributed by atoms with van der Waals surface area (Å²) < 4.78 is 36.2. The van der Waals surface area contributed by atoms with Gasteiger partial charge in [0.15, 0.2) is 6.10 Å². The molecule has 0 saturated heterocycles. The highest BCUT2D eigenvalue weighted by Gasteiger charge is 2.39. The monoisotopic (exact) mass is 626 g/mol. The van der Waals surface area contributed by atoms with Crippen LogP contribution in [0, 0.1) is 24.7 Å². The zero-order valence-corrected chi connectivity index (χ0v) is 25.9. The molecule has 0 amide bonds. The summed E-state index contributed by atoms with van der Waals surface area (Å²) in [6, 6.07) is 9.77. The van der Waals surface area contributed by atoms with Crippen molar-refractivity contribution < 1.29 is 38.1 Å². The first-order chi connectivity index (χ1) is 21.3. The minimum atomic E-state index is -2.61. The average Bonchev–Trinajstić information content (AvgIpc) is 3.00. The molecule has 0 spiro atoms. The summed E-state index contributed by atoms with van der Waals surface area (Å²) in [5.74, 6) is -1.01. The number of ether oxygens (including phenoxy) is 2. The maximum Gasteiger partial charge on any atom is 0.337 e. The van der Waals surface area contributed by atoms with Crippen LogP contribution < -0.4 is 5.32 Å². The molecule has 12 heteroatoms. The number of hydrogen-bond acceptors (Lipinski definition) is 10. The summed E-state index contributed by atoms with van der Waals surface area (Å²) in [7, 11) is 0. The van der Waals surface area contributed by atoms with Crippen molar-refractivity contribution in [2.24, 2.45) is 17.8 Å². The Morgan fingerprint density at radius 1 is 1.04 bits per heavy atom. The van der Waals surface area contributed by atoms with E-state index in [0.29, 0.717) is 48.5 Å². The van der Waals surface area contributed by atoms with Gasteiger partial charge in [-0.25, -0.2) is 23.5 Å². The van der Waals surface area contributed by atoms with E-state index in [9.17, 15) is 28.6 Å². The van der Waals surface area contributed by atoms with E-state index in [4.69, 9.17) is 9.47 Å². The van der Waals surface area contributed by atoms with Gasteiger partial charge in [-0.15, -0.1) is 0 Å². The lowest BCUT2D eigenvalue weighted by molar-refractivity contribution is -0.177. The van der Waals surface area contributed by atoms with Crippen LogP contribution in [0.2, 0.25) is 0 Å². The lowest BCUT2D eigenvalue weighted by Gasteiger charge is -2.37. The Bertz CT molecular complexity index is 1460. The van der Waals surface area contributed by atoms with E-state index in [1.165, 1.54) is 18.3 Å². The van der Waals surface area contributed by atoms with Gasteiger partial charge in [0.05, 0.1) is 17.3 Å². The van der Waals surface area contributed by atoms with Gasteiger partial charge in [0, 0.05) is 23.5 Å². The highest BCUT2D eigenvalue weighted by atomic mass is 19.3. The standard InChI is InChI=1S/C33H40F2N4O6/c1-19(2)13-26(40)32(42)45-18-44-31(41)21-5-8-24(9-6-21)33(4,43)27-10-7-23(17-37-27)25-14-20(3)15-29(38-25)39-28-16-22(30(34)35)11-12-36-28/h7,10-12,14-17,19,21,24,26,30,40,43H,5-6,8-9,13,18H2,1-4H3,(H,36,38,39)/t21?,24?,26-,33-/m1/s1. The van der Waals surface area contributed by atoms with Gasteiger partial charge in [0.1, 0.15) is 17.2 Å². The summed E-state index contributed by atoms with van der Waals surface area (Å²) in [5, 5.41) is 24.3. The number of aromatic nitrogens is 3. The number of hydrogen-bond donors (Lipinski definition) is 3. The number of aliphatic hydroxyl groups is 2. The van der Waals surface area contributed by atoms with Crippen LogP contribution in [0.25, 0.3) is 11.3 Å². The van der Waals surface area contributed by atoms with Gasteiger partial charge in [-0.3, -0.25) is 9.78 Å². The number of esters is 2. The summed E-state index contributed by atoms with van der Waals surface area (Å²) in [6.07, 6.45) is 1.48. The second kappa shape index (κ2) is 14.8. The van der Waals surface area contributed by atoms with Gasteiger partial charge < -0.3 is 25.0 Å². The first-order valence-corrected chi connectivity index (χ1v) is 15.0. The Balaban J connectivity index is 1.33. The maximum absolute atomic E-state index is 13.1. The summed E-state index contributed by atoms with van der Waals surface area (Å²) in [4.78, 5) is 37.6. The number of alkyl halides is 2. The van der Waals surface area contributed by atoms with Gasteiger partial charge >= 0.3 is 11.9 Å². The van der Waals surface area contributed by atoms with Crippen LogP contribution in [0.4, 0.5) is 20.4 Å². The molecule has 3 aromatic heterocycles. The van der Waals surface area contributed by atoms with E-state index in [1.807, 2.05) is 32.9 Å². The van der Waals surface area contributed by atoms with Crippen molar-refractivity contribution in [1.29, 1.82) is 0 Å². The van der Waals surface area contributed by atoms with Crippen LogP contribution in [0.1, 0.15) is 76.1 Å². The Kier molecular flexibility index (Phi) is 11.2. The van der Waals surface area contributed by atoms with Gasteiger partial charge in [-0.2, -0.15) is 0 Å². The minimum Gasteiger partial charge on any atom is -0.428 e. The first kappa shape index (κ1) is 33.9. The smallest absolute Gasteiger partial charge is 0.337 e. The molecular formula is C33H40F2N4O6. The number of nitrogens with one attached hydrogen (secondary N) is 1. The summed E-state index contributed by atoms with van der Waals surface area (Å²) in [6.45, 7) is 6.80. The lowest BCUT2D eigenvalue weighted by atomic mass is 9.73. The summed E-state index contributed by atoms with van der Waals surface area (Å²) in [5.41, 5.74) is 1.31. The van der Waals surface area contributed by atoms with Crippen LogP contribution in [-0.2, 0) is 24.7 Å². The zero-order chi connectivity index (χ0) is 32.7. The first-order valence-electron chi connectivity index (χ1n) is 15.0. The largest absolute Gasteiger partial charge is 0.428 e. The number of rotatable bonds is 12. The predicted molar refractivity (Wildman–Crippen MR) is 162 cm³/mol. The van der Waals surface area contributed by atoms with Gasteiger partial charge in [0.2, 0.25) is 6.79 Å². The molecule has 0 aliphatic heterocycles. The Morgan fingerprint density at radius 2 is 1.78 bits per heavy atom. The molecule has 3 heterocycles. The number of halogens is 2. The molecule has 10 nitrogen and oxygen atoms in total. The van der Waals surface area contributed by atoms with Crippen molar-refractivity contribution in [1.82, 2.24) is 15.0 Å². The molecule has 1 saturated carbocycles. The van der Waals surface area contributed by atoms with E-state index in [1.54, 1.807) is 25.3 Å². The molecule has 1 aliphatic carbocycles. The highest BCUT2D eigenvalue weighted by molar-refractivity contribution is 5.75. The van der Waals surface area contributed by atoms with Crippen molar-refractivity contribution in [3.8, 4) is 11.3 Å². The average molecular weight is 627 g/mol. The Morgan fingerprint density at radius 3 is 2.42 bits per heavy atom. The molecule has 0 aromatic carbocycles. The van der Waals surface area contributed by atoms with Gasteiger partial charge in [-0.1, -0.05) is 13.8 Å². The van der Waals surface area contributed by atoms with E-state index in [0.717, 1.165) is 5.56 Å². The third kappa shape index (κ3) is 9.01. The molecule has 45 heavy (non-hydrogen) atoms. The maximum atomic E-state index is 13.1. The normalized spacial score (nSPS) is 18.7. The fourth-order valence-electron chi connectivity index (χ4n) is 5.51. The molecule has 2 atom stereocenters. The van der Waals surface area contributed by atoms with Crippen molar-refractivity contribution in [3.05, 3.63) is 65.6 Å². The number of anilines is 2. The molecule has 0 unspecified atom stereocenters. The lowest BCUT2D eigenvalue weighted by Crippen LogP contribution is -2.37. The minimum absolute atomic E-state index is 0.115. The molecular weight excluding hydrogens is 586 g/mol. The Labute approximate surface area is 261 Å². The molecule has 1 fully saturated rings. The van der Waals surface area contributed by atoms with Crippen LogP contribution >= 0.6 is 0 Å². The topological polar surface area (TPSA) is 144 Å². The van der Waals surface area contributed by atoms with Crippen LogP contribution in [0.5, 0.6) is 0 Å². The van der Waals surface area contributed by atoms with Gasteiger partial charge in [-0.05, 0) is 99.7 Å². The Hall–Kier alpha value is -4.03. The van der Waals surface area contributed by atoms with E-state index in [-0.39, 0.29) is 35.6 Å². The van der Waals surface area contributed by atoms with Crippen LogP contribution in [-0.4, -0.2) is 50.0 Å². The molecule has 1 aliphatic rings.